The smallest absolute Gasteiger partial charge is 0.410 e. The first kappa shape index (κ1) is 16.1. The second-order valence-corrected chi connectivity index (χ2v) is 4.95. The summed E-state index contributed by atoms with van der Waals surface area (Å²) in [5.74, 6) is -3.76. The van der Waals surface area contributed by atoms with Crippen molar-refractivity contribution in [3.8, 4) is 0 Å². The molecule has 1 aromatic rings. The lowest BCUT2D eigenvalue weighted by Crippen LogP contribution is -2.46. The van der Waals surface area contributed by atoms with Crippen LogP contribution < -0.4 is 0 Å². The van der Waals surface area contributed by atoms with Gasteiger partial charge in [-0.3, -0.25) is 4.90 Å². The summed E-state index contributed by atoms with van der Waals surface area (Å²) in [6, 6.07) is 6.63. The molecule has 8 heteroatoms. The van der Waals surface area contributed by atoms with E-state index in [0.717, 1.165) is 0 Å². The summed E-state index contributed by atoms with van der Waals surface area (Å²) in [4.78, 5) is 23.6. The number of hydrogen-bond donors (Lipinski definition) is 1. The van der Waals surface area contributed by atoms with Crippen LogP contribution in [0.25, 0.3) is 0 Å². The molecule has 0 aromatic heterocycles. The van der Waals surface area contributed by atoms with E-state index in [-0.39, 0.29) is 13.2 Å². The molecule has 1 amide bonds. The Hall–Kier alpha value is -2.25. The van der Waals surface area contributed by atoms with Crippen molar-refractivity contribution >= 4 is 12.1 Å². The third-order valence-electron chi connectivity index (χ3n) is 3.51. The van der Waals surface area contributed by atoms with Gasteiger partial charge in [-0.25, -0.2) is 9.59 Å². The first-order chi connectivity index (χ1) is 10.3. The molecule has 1 heterocycles. The predicted molar refractivity (Wildman–Crippen MR) is 68.9 cm³/mol. The van der Waals surface area contributed by atoms with Crippen molar-refractivity contribution < 1.29 is 32.6 Å². The molecule has 1 fully saturated rings. The summed E-state index contributed by atoms with van der Waals surface area (Å²) in [5, 5.41) is 9.00. The van der Waals surface area contributed by atoms with E-state index in [4.69, 9.17) is 9.84 Å². The van der Waals surface area contributed by atoms with Crippen molar-refractivity contribution in [2.24, 2.45) is 5.92 Å². The van der Waals surface area contributed by atoms with Crippen LogP contribution in [-0.2, 0) is 16.1 Å². The average molecular weight is 317 g/mol. The van der Waals surface area contributed by atoms with Crippen LogP contribution in [0.2, 0.25) is 0 Å². The Morgan fingerprint density at radius 2 is 1.91 bits per heavy atom. The number of rotatable bonds is 3. The zero-order valence-corrected chi connectivity index (χ0v) is 11.4. The number of ether oxygens (including phenoxy) is 1. The minimum absolute atomic E-state index is 0.126. The molecule has 1 saturated heterocycles. The highest BCUT2D eigenvalue weighted by molar-refractivity contribution is 5.81. The fourth-order valence-corrected chi connectivity index (χ4v) is 2.45. The number of aliphatic carboxylic acids is 1. The fraction of sp³-hybridized carbons (Fsp3) is 0.429. The number of halogens is 3. The zero-order valence-electron chi connectivity index (χ0n) is 11.4. The summed E-state index contributed by atoms with van der Waals surface area (Å²) in [7, 11) is 0. The molecule has 2 atom stereocenters. The van der Waals surface area contributed by atoms with E-state index < -0.39 is 36.6 Å². The number of alkyl halides is 3. The van der Waals surface area contributed by atoms with Crippen molar-refractivity contribution in [3.63, 3.8) is 0 Å². The molecule has 0 spiro atoms. The molecule has 0 unspecified atom stereocenters. The second kappa shape index (κ2) is 6.25. The summed E-state index contributed by atoms with van der Waals surface area (Å²) in [5.41, 5.74) is 0.661. The van der Waals surface area contributed by atoms with Crippen LogP contribution in [-0.4, -0.2) is 40.8 Å². The number of likely N-dealkylation sites (tertiary alicyclic amines) is 1. The van der Waals surface area contributed by atoms with Crippen LogP contribution in [0.4, 0.5) is 18.0 Å². The maximum absolute atomic E-state index is 12.8. The molecule has 1 aliphatic rings. The second-order valence-electron chi connectivity index (χ2n) is 4.95. The van der Waals surface area contributed by atoms with Crippen molar-refractivity contribution in [2.75, 3.05) is 6.54 Å². The largest absolute Gasteiger partial charge is 0.480 e. The van der Waals surface area contributed by atoms with Gasteiger partial charge >= 0.3 is 18.2 Å². The van der Waals surface area contributed by atoms with Crippen LogP contribution in [0.15, 0.2) is 30.3 Å². The molecular weight excluding hydrogens is 303 g/mol. The van der Waals surface area contributed by atoms with Crippen molar-refractivity contribution in [3.05, 3.63) is 35.9 Å². The first-order valence-electron chi connectivity index (χ1n) is 6.57. The minimum atomic E-state index is -4.67. The standard InChI is InChI=1S/C14H14F3NO4/c15-14(16,17)10-6-7-18(11(10)12(19)20)13(21)22-8-9-4-2-1-3-5-9/h1-5,10-11H,6-8H2,(H,19,20)/t10-,11-/m0/s1. The summed E-state index contributed by atoms with van der Waals surface area (Å²) in [6.45, 7) is -0.423. The van der Waals surface area contributed by atoms with Crippen molar-refractivity contribution in [1.29, 1.82) is 0 Å². The van der Waals surface area contributed by atoms with Crippen molar-refractivity contribution in [2.45, 2.75) is 25.2 Å². The molecule has 1 N–H and O–H groups in total. The lowest BCUT2D eigenvalue weighted by atomic mass is 10.0. The lowest BCUT2D eigenvalue weighted by Gasteiger charge is -2.25. The summed E-state index contributed by atoms with van der Waals surface area (Å²) >= 11 is 0. The normalized spacial score (nSPS) is 21.7. The third kappa shape index (κ3) is 3.49. The van der Waals surface area contributed by atoms with Gasteiger partial charge in [-0.1, -0.05) is 30.3 Å². The maximum Gasteiger partial charge on any atom is 0.410 e. The van der Waals surface area contributed by atoms with Gasteiger partial charge in [0.1, 0.15) is 12.6 Å². The molecule has 120 valence electrons. The zero-order chi connectivity index (χ0) is 16.3. The van der Waals surface area contributed by atoms with E-state index >= 15 is 0 Å². The van der Waals surface area contributed by atoms with Crippen molar-refractivity contribution in [1.82, 2.24) is 4.90 Å². The Labute approximate surface area is 124 Å². The Morgan fingerprint density at radius 1 is 1.27 bits per heavy atom. The van der Waals surface area contributed by atoms with E-state index in [9.17, 15) is 22.8 Å². The number of carbonyl (C=O) groups is 2. The monoisotopic (exact) mass is 317 g/mol. The fourth-order valence-electron chi connectivity index (χ4n) is 2.45. The van der Waals surface area contributed by atoms with E-state index in [1.54, 1.807) is 30.3 Å². The highest BCUT2D eigenvalue weighted by atomic mass is 19.4. The Balaban J connectivity index is 2.04. The number of nitrogens with zero attached hydrogens (tertiary/aromatic N) is 1. The molecule has 5 nitrogen and oxygen atoms in total. The van der Waals surface area contributed by atoms with Crippen LogP contribution in [0.1, 0.15) is 12.0 Å². The van der Waals surface area contributed by atoms with E-state index in [1.165, 1.54) is 0 Å². The number of hydrogen-bond acceptors (Lipinski definition) is 3. The Morgan fingerprint density at radius 3 is 2.45 bits per heavy atom. The molecule has 0 radical (unpaired) electrons. The molecule has 0 bridgehead atoms. The highest BCUT2D eigenvalue weighted by Gasteiger charge is 2.55. The molecule has 2 rings (SSSR count). The van der Waals surface area contributed by atoms with Gasteiger partial charge in [-0.2, -0.15) is 13.2 Å². The van der Waals surface area contributed by atoms with E-state index in [1.807, 2.05) is 0 Å². The number of benzene rings is 1. The lowest BCUT2D eigenvalue weighted by molar-refractivity contribution is -0.187. The topological polar surface area (TPSA) is 66.8 Å². The molecular formula is C14H14F3NO4. The van der Waals surface area contributed by atoms with Gasteiger partial charge in [0.2, 0.25) is 0 Å². The average Bonchev–Trinajstić information content (AvgIpc) is 2.91. The van der Waals surface area contributed by atoms with Gasteiger partial charge in [-0.05, 0) is 12.0 Å². The van der Waals surface area contributed by atoms with Gasteiger partial charge in [0, 0.05) is 6.54 Å². The van der Waals surface area contributed by atoms with Gasteiger partial charge in [0.05, 0.1) is 5.92 Å². The van der Waals surface area contributed by atoms with E-state index in [0.29, 0.717) is 10.5 Å². The third-order valence-corrected chi connectivity index (χ3v) is 3.51. The van der Waals surface area contributed by atoms with Gasteiger partial charge in [-0.15, -0.1) is 0 Å². The molecule has 1 aromatic carbocycles. The van der Waals surface area contributed by atoms with Crippen LogP contribution in [0, 0.1) is 5.92 Å². The predicted octanol–water partition coefficient (Wildman–Crippen LogP) is 2.66. The maximum atomic E-state index is 12.8. The van der Waals surface area contributed by atoms with Gasteiger partial charge < -0.3 is 9.84 Å². The van der Waals surface area contributed by atoms with Gasteiger partial charge in [0.15, 0.2) is 0 Å². The number of carboxylic acid groups (broad SMARTS) is 1. The quantitative estimate of drug-likeness (QED) is 0.931. The number of carbonyl (C=O) groups excluding carboxylic acids is 1. The van der Waals surface area contributed by atoms with E-state index in [2.05, 4.69) is 0 Å². The first-order valence-corrected chi connectivity index (χ1v) is 6.57. The van der Waals surface area contributed by atoms with Gasteiger partial charge in [0.25, 0.3) is 0 Å². The van der Waals surface area contributed by atoms with Crippen LogP contribution >= 0.6 is 0 Å². The SMILES string of the molecule is O=C(O)[C@@H]1[C@@H](C(F)(F)F)CCN1C(=O)OCc1ccccc1. The van der Waals surface area contributed by atoms with Crippen LogP contribution in [0.5, 0.6) is 0 Å². The summed E-state index contributed by atoms with van der Waals surface area (Å²) < 4.78 is 43.4. The van der Waals surface area contributed by atoms with Crippen LogP contribution in [0.3, 0.4) is 0 Å². The minimum Gasteiger partial charge on any atom is -0.480 e. The molecule has 0 saturated carbocycles. The summed E-state index contributed by atoms with van der Waals surface area (Å²) in [6.07, 6.45) is -6.17. The number of carboxylic acids is 1. The Bertz CT molecular complexity index is 547. The number of amides is 1. The molecule has 22 heavy (non-hydrogen) atoms. The molecule has 0 aliphatic carbocycles. The Kier molecular flexibility index (Phi) is 4.58. The highest BCUT2D eigenvalue weighted by Crippen LogP contribution is 2.38. The molecule has 1 aliphatic heterocycles.